The van der Waals surface area contributed by atoms with Gasteiger partial charge in [-0.3, -0.25) is 15.1 Å². The van der Waals surface area contributed by atoms with Gasteiger partial charge in [0.05, 0.1) is 21.7 Å². The highest BCUT2D eigenvalue weighted by Crippen LogP contribution is 2.29. The van der Waals surface area contributed by atoms with Crippen LogP contribution >= 0.6 is 11.3 Å². The van der Waals surface area contributed by atoms with Crippen LogP contribution in [0.4, 0.5) is 16.2 Å². The van der Waals surface area contributed by atoms with Crippen LogP contribution in [0.15, 0.2) is 18.5 Å². The third kappa shape index (κ3) is 3.62. The molecule has 2 aromatic rings. The number of anilines is 1. The molecule has 2 amide bonds. The number of amides is 2. The predicted molar refractivity (Wildman–Crippen MR) is 87.7 cm³/mol. The molecular weight excluding hydrogens is 318 g/mol. The predicted octanol–water partition coefficient (Wildman–Crippen LogP) is 3.29. The number of pyridine rings is 1. The van der Waals surface area contributed by atoms with E-state index in [0.717, 1.165) is 21.8 Å². The third-order valence-corrected chi connectivity index (χ3v) is 4.70. The lowest BCUT2D eigenvalue weighted by Gasteiger charge is -2.24. The molecular formula is C14H17N5O3S. The molecule has 0 bridgehead atoms. The fourth-order valence-electron chi connectivity index (χ4n) is 2.13. The fourth-order valence-corrected chi connectivity index (χ4v) is 3.15. The highest BCUT2D eigenvalue weighted by molar-refractivity contribution is 7.11. The van der Waals surface area contributed by atoms with E-state index in [-0.39, 0.29) is 17.4 Å². The number of nitrogens with one attached hydrogen (secondary N) is 1. The first-order valence-corrected chi connectivity index (χ1v) is 7.69. The van der Waals surface area contributed by atoms with Gasteiger partial charge in [0.15, 0.2) is 0 Å². The average molecular weight is 335 g/mol. The molecule has 0 aliphatic rings. The van der Waals surface area contributed by atoms with Gasteiger partial charge in [-0.05, 0) is 26.8 Å². The van der Waals surface area contributed by atoms with Crippen LogP contribution in [0.1, 0.15) is 28.5 Å². The van der Waals surface area contributed by atoms with Gasteiger partial charge in [0, 0.05) is 18.1 Å². The summed E-state index contributed by atoms with van der Waals surface area (Å²) in [7, 11) is 1.64. The summed E-state index contributed by atoms with van der Waals surface area (Å²) in [6, 6.07) is 0.774. The molecule has 0 saturated carbocycles. The van der Waals surface area contributed by atoms with Crippen LogP contribution < -0.4 is 5.32 Å². The molecule has 9 heteroatoms. The van der Waals surface area contributed by atoms with Gasteiger partial charge in [0.2, 0.25) is 0 Å². The van der Waals surface area contributed by atoms with Crippen molar-refractivity contribution in [1.29, 1.82) is 0 Å². The summed E-state index contributed by atoms with van der Waals surface area (Å²) in [6.07, 6.45) is 2.50. The van der Waals surface area contributed by atoms with Crippen LogP contribution in [-0.2, 0) is 0 Å². The van der Waals surface area contributed by atoms with Crippen LogP contribution in [0.25, 0.3) is 0 Å². The quantitative estimate of drug-likeness (QED) is 0.682. The summed E-state index contributed by atoms with van der Waals surface area (Å²) in [5.74, 6) is 0. The molecule has 2 rings (SSSR count). The molecule has 1 atom stereocenters. The Kier molecular flexibility index (Phi) is 4.89. The van der Waals surface area contributed by atoms with E-state index in [9.17, 15) is 14.9 Å². The molecule has 0 fully saturated rings. The molecule has 23 heavy (non-hydrogen) atoms. The summed E-state index contributed by atoms with van der Waals surface area (Å²) < 4.78 is 0. The van der Waals surface area contributed by atoms with Crippen molar-refractivity contribution in [3.63, 3.8) is 0 Å². The number of aryl methyl sites for hydroxylation is 2. The maximum absolute atomic E-state index is 12.4. The third-order valence-electron chi connectivity index (χ3n) is 3.46. The Labute approximate surface area is 137 Å². The van der Waals surface area contributed by atoms with Crippen molar-refractivity contribution in [3.05, 3.63) is 44.2 Å². The second-order valence-corrected chi connectivity index (χ2v) is 6.28. The Bertz CT molecular complexity index is 746. The number of carbonyl (C=O) groups is 1. The lowest BCUT2D eigenvalue weighted by molar-refractivity contribution is -0.384. The van der Waals surface area contributed by atoms with E-state index in [0.29, 0.717) is 0 Å². The lowest BCUT2D eigenvalue weighted by Crippen LogP contribution is -2.33. The standard InChI is InChI=1S/C14H17N5O3S/c1-8-13(23-10(3)16-8)9(2)18(4)14(20)17-11-5-6-15-7-12(11)19(21)22/h5-7,9H,1-4H3,(H,15,17,20)/t9-/m1/s1. The molecule has 0 unspecified atom stereocenters. The SMILES string of the molecule is Cc1nc(C)c([C@@H](C)N(C)C(=O)Nc2ccncc2[N+](=O)[O-])s1. The van der Waals surface area contributed by atoms with E-state index < -0.39 is 11.0 Å². The van der Waals surface area contributed by atoms with Gasteiger partial charge in [-0.15, -0.1) is 11.3 Å². The fraction of sp³-hybridized carbons (Fsp3) is 0.357. The smallest absolute Gasteiger partial charge is 0.320 e. The van der Waals surface area contributed by atoms with Gasteiger partial charge in [-0.2, -0.15) is 0 Å². The van der Waals surface area contributed by atoms with Crippen molar-refractivity contribution in [2.24, 2.45) is 0 Å². The molecule has 0 saturated heterocycles. The van der Waals surface area contributed by atoms with Crippen LogP contribution in [0, 0.1) is 24.0 Å². The molecule has 122 valence electrons. The molecule has 0 aliphatic heterocycles. The molecule has 0 radical (unpaired) electrons. The average Bonchev–Trinajstić information content (AvgIpc) is 2.84. The van der Waals surface area contributed by atoms with Crippen molar-refractivity contribution in [2.75, 3.05) is 12.4 Å². The Morgan fingerprint density at radius 3 is 2.74 bits per heavy atom. The number of hydrogen-bond donors (Lipinski definition) is 1. The van der Waals surface area contributed by atoms with Gasteiger partial charge in [-0.1, -0.05) is 0 Å². The Hall–Kier alpha value is -2.55. The Morgan fingerprint density at radius 2 is 2.17 bits per heavy atom. The maximum Gasteiger partial charge on any atom is 0.322 e. The number of carbonyl (C=O) groups excluding carboxylic acids is 1. The summed E-state index contributed by atoms with van der Waals surface area (Å²) in [5.41, 5.74) is 0.757. The zero-order valence-corrected chi connectivity index (χ0v) is 14.0. The van der Waals surface area contributed by atoms with Gasteiger partial charge in [-0.25, -0.2) is 9.78 Å². The van der Waals surface area contributed by atoms with E-state index >= 15 is 0 Å². The first kappa shape index (κ1) is 16.8. The van der Waals surface area contributed by atoms with Crippen molar-refractivity contribution in [1.82, 2.24) is 14.9 Å². The second kappa shape index (κ2) is 6.69. The first-order valence-electron chi connectivity index (χ1n) is 6.87. The highest BCUT2D eigenvalue weighted by Gasteiger charge is 2.23. The summed E-state index contributed by atoms with van der Waals surface area (Å²) in [6.45, 7) is 5.70. The van der Waals surface area contributed by atoms with Crippen LogP contribution in [0.5, 0.6) is 0 Å². The monoisotopic (exact) mass is 335 g/mol. The number of hydrogen-bond acceptors (Lipinski definition) is 6. The van der Waals surface area contributed by atoms with Crippen molar-refractivity contribution < 1.29 is 9.72 Å². The van der Waals surface area contributed by atoms with E-state index in [1.807, 2.05) is 20.8 Å². The maximum atomic E-state index is 12.4. The minimum Gasteiger partial charge on any atom is -0.320 e. The summed E-state index contributed by atoms with van der Waals surface area (Å²) in [4.78, 5) is 33.3. The largest absolute Gasteiger partial charge is 0.322 e. The van der Waals surface area contributed by atoms with Gasteiger partial charge >= 0.3 is 11.7 Å². The van der Waals surface area contributed by atoms with Crippen molar-refractivity contribution in [3.8, 4) is 0 Å². The molecule has 2 aromatic heterocycles. The topological polar surface area (TPSA) is 101 Å². The van der Waals surface area contributed by atoms with Crippen LogP contribution in [-0.4, -0.2) is 32.9 Å². The molecule has 8 nitrogen and oxygen atoms in total. The van der Waals surface area contributed by atoms with E-state index in [1.165, 1.54) is 28.5 Å². The van der Waals surface area contributed by atoms with Crippen LogP contribution in [0.3, 0.4) is 0 Å². The molecule has 1 N–H and O–H groups in total. The summed E-state index contributed by atoms with van der Waals surface area (Å²) >= 11 is 1.53. The minimum atomic E-state index is -0.581. The van der Waals surface area contributed by atoms with Crippen LogP contribution in [0.2, 0.25) is 0 Å². The number of thiazole rings is 1. The van der Waals surface area contributed by atoms with Crippen molar-refractivity contribution in [2.45, 2.75) is 26.8 Å². The number of nitrogens with zero attached hydrogens (tertiary/aromatic N) is 4. The molecule has 2 heterocycles. The number of rotatable bonds is 4. The number of nitro groups is 1. The van der Waals surface area contributed by atoms with E-state index in [4.69, 9.17) is 0 Å². The first-order chi connectivity index (χ1) is 10.8. The molecule has 0 aromatic carbocycles. The van der Waals surface area contributed by atoms with Crippen molar-refractivity contribution >= 4 is 28.7 Å². The highest BCUT2D eigenvalue weighted by atomic mass is 32.1. The van der Waals surface area contributed by atoms with Gasteiger partial charge in [0.25, 0.3) is 0 Å². The summed E-state index contributed by atoms with van der Waals surface area (Å²) in [5, 5.41) is 14.5. The molecule has 0 spiro atoms. The number of aromatic nitrogens is 2. The Balaban J connectivity index is 2.17. The minimum absolute atomic E-state index is 0.117. The van der Waals surface area contributed by atoms with Gasteiger partial charge < -0.3 is 10.2 Å². The normalized spacial score (nSPS) is 11.8. The zero-order chi connectivity index (χ0) is 17.1. The van der Waals surface area contributed by atoms with E-state index in [2.05, 4.69) is 15.3 Å². The lowest BCUT2D eigenvalue weighted by atomic mass is 10.2. The van der Waals surface area contributed by atoms with Gasteiger partial charge in [0.1, 0.15) is 11.9 Å². The molecule has 0 aliphatic carbocycles. The second-order valence-electron chi connectivity index (χ2n) is 5.05. The van der Waals surface area contributed by atoms with E-state index in [1.54, 1.807) is 7.05 Å². The Morgan fingerprint density at radius 1 is 1.48 bits per heavy atom. The number of urea groups is 1. The zero-order valence-electron chi connectivity index (χ0n) is 13.2.